The Morgan fingerprint density at radius 3 is 2.46 bits per heavy atom. The zero-order chi connectivity index (χ0) is 28.2. The van der Waals surface area contributed by atoms with Crippen LogP contribution in [0, 0.1) is 5.41 Å². The van der Waals surface area contributed by atoms with E-state index in [0.29, 0.717) is 35.5 Å². The summed E-state index contributed by atoms with van der Waals surface area (Å²) in [7, 11) is 0. The van der Waals surface area contributed by atoms with Gasteiger partial charge in [0, 0.05) is 56.4 Å². The summed E-state index contributed by atoms with van der Waals surface area (Å²) in [6.45, 7) is 4.13. The summed E-state index contributed by atoms with van der Waals surface area (Å²) in [4.78, 5) is 20.9. The molecule has 2 amide bonds. The van der Waals surface area contributed by atoms with Gasteiger partial charge in [0.1, 0.15) is 17.2 Å². The van der Waals surface area contributed by atoms with E-state index in [1.54, 1.807) is 6.07 Å². The van der Waals surface area contributed by atoms with E-state index in [-0.39, 0.29) is 24.6 Å². The number of halogens is 4. The molecule has 1 aliphatic carbocycles. The molecule has 1 unspecified atom stereocenters. The largest absolute Gasteiger partial charge is 0.417 e. The number of nitrogens with one attached hydrogen (secondary N) is 4. The van der Waals surface area contributed by atoms with Crippen LogP contribution in [-0.2, 0) is 0 Å². The maximum Gasteiger partial charge on any atom is 0.417 e. The minimum absolute atomic E-state index is 0.00931. The lowest BCUT2D eigenvalue weighted by molar-refractivity contribution is -0.277. The molecule has 10 nitrogen and oxygen atoms in total. The van der Waals surface area contributed by atoms with Gasteiger partial charge < -0.3 is 25.5 Å². The summed E-state index contributed by atoms with van der Waals surface area (Å²) >= 11 is 0. The monoisotopic (exact) mass is 552 g/mol. The topological polar surface area (TPSA) is 133 Å². The van der Waals surface area contributed by atoms with Gasteiger partial charge in [0.25, 0.3) is 0 Å². The molecule has 2 aromatic heterocycles. The summed E-state index contributed by atoms with van der Waals surface area (Å²) in [5.74, 6) is 0.274. The van der Waals surface area contributed by atoms with Gasteiger partial charge in [-0.1, -0.05) is 0 Å². The smallest absolute Gasteiger partial charge is 0.381 e. The maximum atomic E-state index is 14.3. The van der Waals surface area contributed by atoms with Crippen LogP contribution in [0.2, 0.25) is 0 Å². The molecule has 1 atom stereocenters. The lowest BCUT2D eigenvalue weighted by Gasteiger charge is -2.45. The van der Waals surface area contributed by atoms with Gasteiger partial charge in [0.05, 0.1) is 23.1 Å². The number of likely N-dealkylation sites (tertiary alicyclic amines) is 2. The van der Waals surface area contributed by atoms with Crippen molar-refractivity contribution in [2.45, 2.75) is 68.9 Å². The van der Waals surface area contributed by atoms with Crippen LogP contribution >= 0.6 is 0 Å². The number of alkyl halides is 4. The lowest BCUT2D eigenvalue weighted by atomic mass is 9.84. The molecule has 212 valence electrons. The molecule has 39 heavy (non-hydrogen) atoms. The molecule has 2 aliphatic heterocycles. The van der Waals surface area contributed by atoms with E-state index in [1.165, 1.54) is 31.1 Å². The zero-order valence-electron chi connectivity index (χ0n) is 21.8. The standard InChI is InChI=1S/C25H32F4N8O2/c1-22(2,26)14-32-16-10-17(31-11-15(16)20(30)36-7-3-8-36)19-18(12-33-35-19)34-21(38)37-9-6-24(39,25(27,28)29)13-23(37)4-5-23/h10-12,30,39H,3-9,13-14H2,1-2H3,(H,31,32)(H,33,35)(H,34,38). The number of anilines is 2. The summed E-state index contributed by atoms with van der Waals surface area (Å²) in [5, 5.41) is 31.4. The molecule has 3 fully saturated rings. The molecule has 0 radical (unpaired) electrons. The minimum atomic E-state index is -4.77. The summed E-state index contributed by atoms with van der Waals surface area (Å²) < 4.78 is 54.6. The van der Waals surface area contributed by atoms with Crippen molar-refractivity contribution in [3.63, 3.8) is 0 Å². The van der Waals surface area contributed by atoms with E-state index >= 15 is 0 Å². The number of rotatable bonds is 6. The average Bonchev–Trinajstić information content (AvgIpc) is 3.39. The Bertz CT molecular complexity index is 1270. The highest BCUT2D eigenvalue weighted by Gasteiger charge is 2.65. The molecular formula is C25H32F4N8O2. The van der Waals surface area contributed by atoms with E-state index in [2.05, 4.69) is 25.8 Å². The maximum absolute atomic E-state index is 14.3. The molecule has 2 aromatic rings. The Labute approximate surface area is 222 Å². The van der Waals surface area contributed by atoms with Gasteiger partial charge >= 0.3 is 12.2 Å². The quantitative estimate of drug-likeness (QED) is 0.208. The normalized spacial score (nSPS) is 22.4. The number of aromatic amines is 1. The third-order valence-electron chi connectivity index (χ3n) is 7.71. The Balaban J connectivity index is 1.37. The predicted octanol–water partition coefficient (Wildman–Crippen LogP) is 4.12. The molecule has 5 rings (SSSR count). The van der Waals surface area contributed by atoms with E-state index < -0.39 is 41.9 Å². The fraction of sp³-hybridized carbons (Fsp3) is 0.600. The number of amides is 2. The molecule has 4 heterocycles. The number of carbonyl (C=O) groups is 1. The number of hydrogen-bond acceptors (Lipinski definition) is 6. The molecule has 14 heteroatoms. The molecule has 0 bridgehead atoms. The number of amidine groups is 1. The van der Waals surface area contributed by atoms with Crippen molar-refractivity contribution in [3.8, 4) is 11.4 Å². The highest BCUT2D eigenvalue weighted by Crippen LogP contribution is 2.55. The van der Waals surface area contributed by atoms with Crippen LogP contribution in [0.15, 0.2) is 18.5 Å². The van der Waals surface area contributed by atoms with Crippen LogP contribution in [0.25, 0.3) is 11.4 Å². The number of H-pyrrole nitrogens is 1. The van der Waals surface area contributed by atoms with Gasteiger partial charge in [-0.3, -0.25) is 15.5 Å². The van der Waals surface area contributed by atoms with Gasteiger partial charge in [-0.25, -0.2) is 9.18 Å². The van der Waals surface area contributed by atoms with Crippen molar-refractivity contribution in [1.82, 2.24) is 25.0 Å². The average molecular weight is 553 g/mol. The summed E-state index contributed by atoms with van der Waals surface area (Å²) in [6, 6.07) is 1.05. The van der Waals surface area contributed by atoms with Crippen LogP contribution < -0.4 is 10.6 Å². The fourth-order valence-corrected chi connectivity index (χ4v) is 5.11. The second-order valence-corrected chi connectivity index (χ2v) is 11.3. The first-order valence-corrected chi connectivity index (χ1v) is 12.9. The van der Waals surface area contributed by atoms with Crippen molar-refractivity contribution in [1.29, 1.82) is 5.41 Å². The summed E-state index contributed by atoms with van der Waals surface area (Å²) in [6.07, 6.45) is -1.30. The second kappa shape index (κ2) is 9.35. The minimum Gasteiger partial charge on any atom is -0.381 e. The Kier molecular flexibility index (Phi) is 6.51. The predicted molar refractivity (Wildman–Crippen MR) is 136 cm³/mol. The first-order chi connectivity index (χ1) is 18.2. The number of hydrogen-bond donors (Lipinski definition) is 5. The van der Waals surface area contributed by atoms with Crippen molar-refractivity contribution >= 4 is 23.2 Å². The summed E-state index contributed by atoms with van der Waals surface area (Å²) in [5.41, 5.74) is -3.38. The third-order valence-corrected chi connectivity index (χ3v) is 7.71. The molecule has 3 aliphatic rings. The Morgan fingerprint density at radius 2 is 1.87 bits per heavy atom. The third kappa shape index (κ3) is 5.25. The van der Waals surface area contributed by atoms with Crippen molar-refractivity contribution in [2.24, 2.45) is 0 Å². The highest BCUT2D eigenvalue weighted by molar-refractivity contribution is 6.02. The molecule has 0 aromatic carbocycles. The number of aliphatic hydroxyl groups is 1. The molecule has 1 spiro atoms. The highest BCUT2D eigenvalue weighted by atomic mass is 19.4. The molecule has 1 saturated carbocycles. The van der Waals surface area contributed by atoms with E-state index in [1.807, 2.05) is 4.90 Å². The number of piperidine rings is 1. The van der Waals surface area contributed by atoms with Crippen LogP contribution in [0.4, 0.5) is 33.7 Å². The van der Waals surface area contributed by atoms with Crippen molar-refractivity contribution in [3.05, 3.63) is 24.0 Å². The van der Waals surface area contributed by atoms with E-state index in [9.17, 15) is 27.5 Å². The number of urea groups is 1. The number of aromatic nitrogens is 3. The van der Waals surface area contributed by atoms with E-state index in [0.717, 1.165) is 19.5 Å². The van der Waals surface area contributed by atoms with Gasteiger partial charge in [-0.15, -0.1) is 0 Å². The number of carbonyl (C=O) groups excluding carboxylic acids is 1. The zero-order valence-corrected chi connectivity index (χ0v) is 21.8. The Hall–Kier alpha value is -3.42. The van der Waals surface area contributed by atoms with Crippen LogP contribution in [0.1, 0.15) is 51.5 Å². The Morgan fingerprint density at radius 1 is 1.15 bits per heavy atom. The van der Waals surface area contributed by atoms with Crippen molar-refractivity contribution < 1.29 is 27.5 Å². The van der Waals surface area contributed by atoms with Gasteiger partial charge in [0.2, 0.25) is 0 Å². The van der Waals surface area contributed by atoms with Crippen molar-refractivity contribution in [2.75, 3.05) is 36.8 Å². The van der Waals surface area contributed by atoms with Crippen LogP contribution in [-0.4, -0.2) is 91.1 Å². The van der Waals surface area contributed by atoms with Crippen LogP contribution in [0.5, 0.6) is 0 Å². The van der Waals surface area contributed by atoms with E-state index in [4.69, 9.17) is 5.41 Å². The molecule has 5 N–H and O–H groups in total. The fourth-order valence-electron chi connectivity index (χ4n) is 5.11. The molecular weight excluding hydrogens is 520 g/mol. The number of nitrogens with zero attached hydrogens (tertiary/aromatic N) is 4. The SMILES string of the molecule is CC(C)(F)CNc1cc(-c2[nH]ncc2NC(=O)N2CCC(O)(C(F)(F)F)CC23CC3)ncc1C(=N)N1CCC1. The molecule has 2 saturated heterocycles. The van der Waals surface area contributed by atoms with Gasteiger partial charge in [0.15, 0.2) is 5.60 Å². The first-order valence-electron chi connectivity index (χ1n) is 12.9. The first kappa shape index (κ1) is 27.2. The van der Waals surface area contributed by atoms with Gasteiger partial charge in [-0.05, 0) is 39.2 Å². The van der Waals surface area contributed by atoms with Crippen LogP contribution in [0.3, 0.4) is 0 Å². The number of pyridine rings is 1. The lowest BCUT2D eigenvalue weighted by Crippen LogP contribution is -2.60. The second-order valence-electron chi connectivity index (χ2n) is 11.3. The van der Waals surface area contributed by atoms with Gasteiger partial charge in [-0.2, -0.15) is 18.3 Å².